The normalized spacial score (nSPS) is 14.3. The Morgan fingerprint density at radius 3 is 2.64 bits per heavy atom. The first-order valence-electron chi connectivity index (χ1n) is 8.28. The number of hydrogen-bond acceptors (Lipinski definition) is 3. The van der Waals surface area contributed by atoms with Crippen LogP contribution in [-0.2, 0) is 0 Å². The first-order valence-corrected chi connectivity index (χ1v) is 8.65. The molecule has 0 atom stereocenters. The molecule has 2 aromatic rings. The maximum atomic E-state index is 13.8. The van der Waals surface area contributed by atoms with Crippen LogP contribution < -0.4 is 15.0 Å². The van der Waals surface area contributed by atoms with Gasteiger partial charge in [-0.3, -0.25) is 4.79 Å². The Hall–Kier alpha value is -2.27. The van der Waals surface area contributed by atoms with Gasteiger partial charge in [-0.25, -0.2) is 4.39 Å². The highest BCUT2D eigenvalue weighted by Crippen LogP contribution is 2.31. The zero-order valence-corrected chi connectivity index (χ0v) is 14.8. The molecule has 1 amide bonds. The van der Waals surface area contributed by atoms with Crippen LogP contribution in [0, 0.1) is 5.82 Å². The molecule has 1 N–H and O–H groups in total. The number of ether oxygens (including phenoxy) is 1. The molecule has 3 rings (SSSR count). The van der Waals surface area contributed by atoms with Gasteiger partial charge in [0.2, 0.25) is 0 Å². The highest BCUT2D eigenvalue weighted by Gasteiger charge is 2.19. The fraction of sp³-hybridized carbons (Fsp3) is 0.316. The molecular formula is C19H20ClFN2O2. The molecule has 1 fully saturated rings. The van der Waals surface area contributed by atoms with Gasteiger partial charge in [-0.2, -0.15) is 0 Å². The van der Waals surface area contributed by atoms with Gasteiger partial charge in [-0.05, 0) is 55.7 Å². The number of nitrogens with zero attached hydrogens (tertiary/aromatic N) is 1. The van der Waals surface area contributed by atoms with Crippen LogP contribution in [0.5, 0.6) is 5.75 Å². The molecule has 1 aliphatic rings. The van der Waals surface area contributed by atoms with Crippen molar-refractivity contribution in [3.8, 4) is 5.75 Å². The van der Waals surface area contributed by atoms with Gasteiger partial charge in [0.05, 0.1) is 24.0 Å². The third kappa shape index (κ3) is 4.04. The standard InChI is InChI=1S/C19H20ClFN2O2/c1-25-18-8-5-13(20)11-15(18)19(24)22-16-12-14(21)6-7-17(16)23-9-3-2-4-10-23/h5-8,11-12H,2-4,9-10H2,1H3,(H,22,24). The minimum absolute atomic E-state index is 0.309. The summed E-state index contributed by atoms with van der Waals surface area (Å²) in [5.41, 5.74) is 1.59. The third-order valence-electron chi connectivity index (χ3n) is 4.31. The molecule has 0 saturated carbocycles. The highest BCUT2D eigenvalue weighted by molar-refractivity contribution is 6.31. The molecule has 6 heteroatoms. The summed E-state index contributed by atoms with van der Waals surface area (Å²) in [6.45, 7) is 1.80. The van der Waals surface area contributed by atoms with Gasteiger partial charge in [0.15, 0.2) is 0 Å². The topological polar surface area (TPSA) is 41.6 Å². The Labute approximate surface area is 151 Å². The van der Waals surface area contributed by atoms with E-state index in [9.17, 15) is 9.18 Å². The molecule has 1 heterocycles. The van der Waals surface area contributed by atoms with E-state index in [2.05, 4.69) is 10.2 Å². The zero-order chi connectivity index (χ0) is 17.8. The smallest absolute Gasteiger partial charge is 0.259 e. The van der Waals surface area contributed by atoms with E-state index in [1.807, 2.05) is 0 Å². The largest absolute Gasteiger partial charge is 0.496 e. The van der Waals surface area contributed by atoms with Crippen molar-refractivity contribution in [2.24, 2.45) is 0 Å². The summed E-state index contributed by atoms with van der Waals surface area (Å²) in [5, 5.41) is 3.24. The van der Waals surface area contributed by atoms with Crippen molar-refractivity contribution < 1.29 is 13.9 Å². The van der Waals surface area contributed by atoms with Gasteiger partial charge in [0.1, 0.15) is 11.6 Å². The predicted octanol–water partition coefficient (Wildman–Crippen LogP) is 4.73. The van der Waals surface area contributed by atoms with Crippen molar-refractivity contribution >= 4 is 28.9 Å². The Bertz CT molecular complexity index is 776. The average Bonchev–Trinajstić information content (AvgIpc) is 2.62. The summed E-state index contributed by atoms with van der Waals surface area (Å²) in [7, 11) is 1.49. The van der Waals surface area contributed by atoms with E-state index in [0.717, 1.165) is 31.6 Å². The lowest BCUT2D eigenvalue weighted by molar-refractivity contribution is 0.102. The SMILES string of the molecule is COc1ccc(Cl)cc1C(=O)Nc1cc(F)ccc1N1CCCCC1. The molecule has 0 unspecified atom stereocenters. The fourth-order valence-electron chi connectivity index (χ4n) is 3.07. The second-order valence-electron chi connectivity index (χ2n) is 6.01. The van der Waals surface area contributed by atoms with E-state index < -0.39 is 5.82 Å². The van der Waals surface area contributed by atoms with Gasteiger partial charge in [0, 0.05) is 18.1 Å². The van der Waals surface area contributed by atoms with Gasteiger partial charge >= 0.3 is 0 Å². The summed E-state index contributed by atoms with van der Waals surface area (Å²) in [6, 6.07) is 9.30. The number of methoxy groups -OCH3 is 1. The molecule has 0 spiro atoms. The van der Waals surface area contributed by atoms with E-state index in [0.29, 0.717) is 22.0 Å². The number of benzene rings is 2. The van der Waals surface area contributed by atoms with Crippen LogP contribution in [0.4, 0.5) is 15.8 Å². The van der Waals surface area contributed by atoms with Crippen molar-refractivity contribution in [3.63, 3.8) is 0 Å². The molecule has 0 aromatic heterocycles. The molecule has 2 aromatic carbocycles. The second-order valence-corrected chi connectivity index (χ2v) is 6.44. The molecule has 0 radical (unpaired) electrons. The Morgan fingerprint density at radius 2 is 1.92 bits per heavy atom. The van der Waals surface area contributed by atoms with Crippen LogP contribution in [0.3, 0.4) is 0 Å². The first kappa shape index (κ1) is 17.5. The van der Waals surface area contributed by atoms with Crippen LogP contribution >= 0.6 is 11.6 Å². The highest BCUT2D eigenvalue weighted by atomic mass is 35.5. The second kappa shape index (κ2) is 7.74. The number of nitrogens with one attached hydrogen (secondary N) is 1. The minimum Gasteiger partial charge on any atom is -0.496 e. The monoisotopic (exact) mass is 362 g/mol. The van der Waals surface area contributed by atoms with Gasteiger partial charge in [-0.15, -0.1) is 0 Å². The van der Waals surface area contributed by atoms with Crippen molar-refractivity contribution in [1.29, 1.82) is 0 Å². The molecule has 1 aliphatic heterocycles. The van der Waals surface area contributed by atoms with Crippen LogP contribution in [0.15, 0.2) is 36.4 Å². The Kier molecular flexibility index (Phi) is 5.43. The number of hydrogen-bond donors (Lipinski definition) is 1. The number of piperidine rings is 1. The van der Waals surface area contributed by atoms with E-state index in [4.69, 9.17) is 16.3 Å². The van der Waals surface area contributed by atoms with Gasteiger partial charge < -0.3 is 15.0 Å². The molecule has 4 nitrogen and oxygen atoms in total. The van der Waals surface area contributed by atoms with E-state index >= 15 is 0 Å². The van der Waals surface area contributed by atoms with Gasteiger partial charge in [-0.1, -0.05) is 11.6 Å². The summed E-state index contributed by atoms with van der Waals surface area (Å²) in [6.07, 6.45) is 3.37. The lowest BCUT2D eigenvalue weighted by atomic mass is 10.1. The number of carbonyl (C=O) groups is 1. The summed E-state index contributed by atoms with van der Waals surface area (Å²) < 4.78 is 19.0. The number of anilines is 2. The number of rotatable bonds is 4. The van der Waals surface area contributed by atoms with E-state index in [1.54, 1.807) is 18.2 Å². The summed E-state index contributed by atoms with van der Waals surface area (Å²) in [4.78, 5) is 14.9. The van der Waals surface area contributed by atoms with Crippen molar-refractivity contribution in [2.45, 2.75) is 19.3 Å². The van der Waals surface area contributed by atoms with E-state index in [1.165, 1.54) is 31.7 Å². The Balaban J connectivity index is 1.90. The average molecular weight is 363 g/mol. The first-order chi connectivity index (χ1) is 12.1. The van der Waals surface area contributed by atoms with Crippen molar-refractivity contribution in [2.75, 3.05) is 30.4 Å². The molecule has 132 valence electrons. The van der Waals surface area contributed by atoms with Crippen molar-refractivity contribution in [1.82, 2.24) is 0 Å². The quantitative estimate of drug-likeness (QED) is 0.854. The third-order valence-corrected chi connectivity index (χ3v) is 4.54. The number of carbonyl (C=O) groups excluding carboxylic acids is 1. The van der Waals surface area contributed by atoms with Crippen LogP contribution in [0.25, 0.3) is 0 Å². The van der Waals surface area contributed by atoms with Crippen molar-refractivity contribution in [3.05, 3.63) is 52.8 Å². The molecule has 1 saturated heterocycles. The molecular weight excluding hydrogens is 343 g/mol. The van der Waals surface area contributed by atoms with Crippen LogP contribution in [-0.4, -0.2) is 26.1 Å². The van der Waals surface area contributed by atoms with Crippen LogP contribution in [0.2, 0.25) is 5.02 Å². The van der Waals surface area contributed by atoms with Crippen LogP contribution in [0.1, 0.15) is 29.6 Å². The molecule has 0 bridgehead atoms. The lowest BCUT2D eigenvalue weighted by Gasteiger charge is -2.30. The van der Waals surface area contributed by atoms with E-state index in [-0.39, 0.29) is 5.91 Å². The summed E-state index contributed by atoms with van der Waals surface area (Å²) >= 11 is 6.00. The number of amides is 1. The zero-order valence-electron chi connectivity index (χ0n) is 14.0. The predicted molar refractivity (Wildman–Crippen MR) is 98.4 cm³/mol. The maximum absolute atomic E-state index is 13.8. The fourth-order valence-corrected chi connectivity index (χ4v) is 3.24. The van der Waals surface area contributed by atoms with Gasteiger partial charge in [0.25, 0.3) is 5.91 Å². The molecule has 25 heavy (non-hydrogen) atoms. The number of halogens is 2. The summed E-state index contributed by atoms with van der Waals surface area (Å²) in [5.74, 6) is -0.366. The lowest BCUT2D eigenvalue weighted by Crippen LogP contribution is -2.30. The maximum Gasteiger partial charge on any atom is 0.259 e. The minimum atomic E-state index is -0.394. The Morgan fingerprint density at radius 1 is 1.16 bits per heavy atom. The molecule has 0 aliphatic carbocycles.